The minimum atomic E-state index is -4.00. The Morgan fingerprint density at radius 3 is 2.67 bits per heavy atom. The molecule has 21 heavy (non-hydrogen) atoms. The number of nitrogens with one attached hydrogen (secondary N) is 1. The highest BCUT2D eigenvalue weighted by Gasteiger charge is 2.36. The van der Waals surface area contributed by atoms with E-state index in [0.717, 1.165) is 31.7 Å². The first-order valence-corrected chi connectivity index (χ1v) is 8.76. The van der Waals surface area contributed by atoms with Crippen LogP contribution in [0.15, 0.2) is 17.0 Å². The zero-order chi connectivity index (χ0) is 15.8. The van der Waals surface area contributed by atoms with Gasteiger partial charge in [0.15, 0.2) is 5.82 Å². The van der Waals surface area contributed by atoms with Crippen molar-refractivity contribution in [1.29, 1.82) is 0 Å². The molecule has 0 bridgehead atoms. The molecule has 0 amide bonds. The fourth-order valence-electron chi connectivity index (χ4n) is 2.74. The van der Waals surface area contributed by atoms with Crippen molar-refractivity contribution in [2.24, 2.45) is 5.41 Å². The summed E-state index contributed by atoms with van der Waals surface area (Å²) in [7, 11) is -4.00. The SMILES string of the molecule is CC1(C)CCCCC1NS(=O)(=O)c1cc(Cl)cc(N)c1F. The second-order valence-electron chi connectivity index (χ2n) is 6.22. The molecule has 1 fully saturated rings. The van der Waals surface area contributed by atoms with E-state index in [2.05, 4.69) is 4.72 Å². The molecule has 0 saturated heterocycles. The Balaban J connectivity index is 2.35. The van der Waals surface area contributed by atoms with Crippen molar-refractivity contribution in [2.75, 3.05) is 5.73 Å². The molecule has 4 nitrogen and oxygen atoms in total. The molecule has 0 aliphatic heterocycles. The van der Waals surface area contributed by atoms with Crippen LogP contribution in [0.1, 0.15) is 39.5 Å². The van der Waals surface area contributed by atoms with E-state index in [1.807, 2.05) is 13.8 Å². The molecule has 0 aromatic heterocycles. The van der Waals surface area contributed by atoms with Crippen LogP contribution in [0.5, 0.6) is 0 Å². The number of nitrogens with two attached hydrogens (primary N) is 1. The predicted octanol–water partition coefficient (Wildman–Crippen LogP) is 3.31. The maximum Gasteiger partial charge on any atom is 0.243 e. The van der Waals surface area contributed by atoms with Crippen LogP contribution in [0.2, 0.25) is 5.02 Å². The number of nitrogen functional groups attached to an aromatic ring is 1. The molecule has 1 aromatic rings. The lowest BCUT2D eigenvalue weighted by molar-refractivity contribution is 0.188. The van der Waals surface area contributed by atoms with Crippen LogP contribution < -0.4 is 10.5 Å². The lowest BCUT2D eigenvalue weighted by Crippen LogP contribution is -2.46. The first-order valence-electron chi connectivity index (χ1n) is 6.90. The van der Waals surface area contributed by atoms with E-state index in [1.54, 1.807) is 0 Å². The minimum absolute atomic E-state index is 0.0946. The highest BCUT2D eigenvalue weighted by Crippen LogP contribution is 2.36. The molecule has 118 valence electrons. The maximum atomic E-state index is 14.0. The lowest BCUT2D eigenvalue weighted by Gasteiger charge is -2.38. The Hall–Kier alpha value is -0.850. The van der Waals surface area contributed by atoms with E-state index >= 15 is 0 Å². The van der Waals surface area contributed by atoms with Gasteiger partial charge in [0.25, 0.3) is 0 Å². The Kier molecular flexibility index (Phi) is 4.52. The third-order valence-corrected chi connectivity index (χ3v) is 5.82. The Bertz CT molecular complexity index is 647. The quantitative estimate of drug-likeness (QED) is 0.833. The molecular weight excluding hydrogens is 315 g/mol. The van der Waals surface area contributed by atoms with Crippen molar-refractivity contribution in [1.82, 2.24) is 4.72 Å². The summed E-state index contributed by atoms with van der Waals surface area (Å²) in [6, 6.07) is 2.06. The van der Waals surface area contributed by atoms with E-state index in [-0.39, 0.29) is 22.2 Å². The van der Waals surface area contributed by atoms with Gasteiger partial charge in [-0.25, -0.2) is 17.5 Å². The minimum Gasteiger partial charge on any atom is -0.396 e. The van der Waals surface area contributed by atoms with Gasteiger partial charge < -0.3 is 5.73 Å². The van der Waals surface area contributed by atoms with Crippen LogP contribution in [0.4, 0.5) is 10.1 Å². The molecule has 2 rings (SSSR count). The van der Waals surface area contributed by atoms with Gasteiger partial charge in [-0.05, 0) is 30.4 Å². The standard InChI is InChI=1S/C14H20ClFN2O2S/c1-14(2)6-4-3-5-12(14)18-21(19,20)11-8-9(15)7-10(17)13(11)16/h7-8,12,18H,3-6,17H2,1-2H3. The Morgan fingerprint density at radius 2 is 2.05 bits per heavy atom. The third kappa shape index (κ3) is 3.49. The largest absolute Gasteiger partial charge is 0.396 e. The van der Waals surface area contributed by atoms with Crippen LogP contribution in [0.3, 0.4) is 0 Å². The van der Waals surface area contributed by atoms with Crippen molar-refractivity contribution in [3.63, 3.8) is 0 Å². The molecule has 7 heteroatoms. The number of halogens is 2. The highest BCUT2D eigenvalue weighted by molar-refractivity contribution is 7.89. The van der Waals surface area contributed by atoms with Crippen molar-refractivity contribution >= 4 is 27.3 Å². The fraction of sp³-hybridized carbons (Fsp3) is 0.571. The van der Waals surface area contributed by atoms with Gasteiger partial charge in [0, 0.05) is 11.1 Å². The van der Waals surface area contributed by atoms with Crippen LogP contribution in [0, 0.1) is 11.2 Å². The highest BCUT2D eigenvalue weighted by atomic mass is 35.5. The maximum absolute atomic E-state index is 14.0. The topological polar surface area (TPSA) is 72.2 Å². The van der Waals surface area contributed by atoms with Gasteiger partial charge in [0.1, 0.15) is 4.90 Å². The average molecular weight is 335 g/mol. The monoisotopic (exact) mass is 334 g/mol. The van der Waals surface area contributed by atoms with E-state index in [0.29, 0.717) is 0 Å². The Morgan fingerprint density at radius 1 is 1.38 bits per heavy atom. The Labute approximate surface area is 129 Å². The van der Waals surface area contributed by atoms with Crippen LogP contribution in [-0.2, 0) is 10.0 Å². The molecule has 3 N–H and O–H groups in total. The summed E-state index contributed by atoms with van der Waals surface area (Å²) in [5, 5.41) is 0.0946. The van der Waals surface area contributed by atoms with E-state index in [9.17, 15) is 12.8 Å². The summed E-state index contributed by atoms with van der Waals surface area (Å²) >= 11 is 5.79. The zero-order valence-electron chi connectivity index (χ0n) is 12.1. The summed E-state index contributed by atoms with van der Waals surface area (Å²) in [4.78, 5) is -0.492. The van der Waals surface area contributed by atoms with Gasteiger partial charge in [-0.1, -0.05) is 38.3 Å². The smallest absolute Gasteiger partial charge is 0.243 e. The van der Waals surface area contributed by atoms with Gasteiger partial charge in [-0.3, -0.25) is 0 Å². The molecule has 1 atom stereocenters. The second kappa shape index (κ2) is 5.74. The van der Waals surface area contributed by atoms with Crippen molar-refractivity contribution in [2.45, 2.75) is 50.5 Å². The molecule has 0 spiro atoms. The molecule has 1 saturated carbocycles. The average Bonchev–Trinajstić information content (AvgIpc) is 2.36. The molecule has 0 radical (unpaired) electrons. The molecule has 1 aromatic carbocycles. The van der Waals surface area contributed by atoms with Gasteiger partial charge in [-0.15, -0.1) is 0 Å². The lowest BCUT2D eigenvalue weighted by atomic mass is 9.74. The van der Waals surface area contributed by atoms with Crippen LogP contribution in [0.25, 0.3) is 0 Å². The molecule has 1 aliphatic carbocycles. The van der Waals surface area contributed by atoms with Crippen LogP contribution in [-0.4, -0.2) is 14.5 Å². The number of anilines is 1. The van der Waals surface area contributed by atoms with Crippen LogP contribution >= 0.6 is 11.6 Å². The van der Waals surface area contributed by atoms with Gasteiger partial charge in [0.05, 0.1) is 5.69 Å². The van der Waals surface area contributed by atoms with Crippen molar-refractivity contribution in [3.05, 3.63) is 23.0 Å². The first-order chi connectivity index (χ1) is 9.63. The predicted molar refractivity (Wildman–Crippen MR) is 82.2 cm³/mol. The van der Waals surface area contributed by atoms with Crippen molar-refractivity contribution < 1.29 is 12.8 Å². The molecule has 1 aliphatic rings. The molecule has 0 heterocycles. The van der Waals surface area contributed by atoms with Gasteiger partial charge >= 0.3 is 0 Å². The number of benzene rings is 1. The number of rotatable bonds is 3. The normalized spacial score (nSPS) is 22.2. The van der Waals surface area contributed by atoms with Gasteiger partial charge in [-0.2, -0.15) is 0 Å². The zero-order valence-corrected chi connectivity index (χ0v) is 13.7. The number of hydrogen-bond donors (Lipinski definition) is 2. The number of sulfonamides is 1. The molecular formula is C14H20ClFN2O2S. The molecule has 1 unspecified atom stereocenters. The number of hydrogen-bond acceptors (Lipinski definition) is 3. The first kappa shape index (κ1) is 16.5. The third-order valence-electron chi connectivity index (χ3n) is 4.13. The van der Waals surface area contributed by atoms with Gasteiger partial charge in [0.2, 0.25) is 10.0 Å². The van der Waals surface area contributed by atoms with E-state index in [1.165, 1.54) is 6.07 Å². The summed E-state index contributed by atoms with van der Waals surface area (Å²) in [6.45, 7) is 4.03. The second-order valence-corrected chi connectivity index (χ2v) is 8.33. The van der Waals surface area contributed by atoms with E-state index in [4.69, 9.17) is 17.3 Å². The summed E-state index contributed by atoms with van der Waals surface area (Å²) in [5.74, 6) is -0.958. The summed E-state index contributed by atoms with van der Waals surface area (Å²) in [6.07, 6.45) is 3.70. The fourth-order valence-corrected chi connectivity index (χ4v) is 4.61. The van der Waals surface area contributed by atoms with Crippen molar-refractivity contribution in [3.8, 4) is 0 Å². The summed E-state index contributed by atoms with van der Waals surface area (Å²) < 4.78 is 41.5. The summed E-state index contributed by atoms with van der Waals surface area (Å²) in [5.41, 5.74) is 5.02. The van der Waals surface area contributed by atoms with E-state index < -0.39 is 20.7 Å².